The molecule has 0 atom stereocenters. The van der Waals surface area contributed by atoms with Crippen LogP contribution in [-0.2, 0) is 6.54 Å². The van der Waals surface area contributed by atoms with Crippen molar-refractivity contribution in [3.63, 3.8) is 0 Å². The second-order valence-corrected chi connectivity index (χ2v) is 8.48. The Balaban J connectivity index is 1.40. The zero-order valence-corrected chi connectivity index (χ0v) is 18.3. The largest absolute Gasteiger partial charge is 0.378 e. The molecule has 2 N–H and O–H groups in total. The van der Waals surface area contributed by atoms with Crippen LogP contribution in [0.5, 0.6) is 0 Å². The summed E-state index contributed by atoms with van der Waals surface area (Å²) in [4.78, 5) is 8.88. The lowest BCUT2D eigenvalue weighted by Crippen LogP contribution is -2.29. The Kier molecular flexibility index (Phi) is 5.80. The molecule has 1 aliphatic carbocycles. The van der Waals surface area contributed by atoms with Crippen LogP contribution in [0.1, 0.15) is 43.2 Å². The Bertz CT molecular complexity index is 1340. The van der Waals surface area contributed by atoms with Crippen LogP contribution in [-0.4, -0.2) is 25.2 Å². The number of fused-ring (bicyclic) bond motifs is 1. The van der Waals surface area contributed by atoms with Crippen molar-refractivity contribution >= 4 is 16.9 Å². The highest BCUT2D eigenvalue weighted by Crippen LogP contribution is 2.27. The normalized spacial score (nSPS) is 15.1. The van der Waals surface area contributed by atoms with Gasteiger partial charge in [0.05, 0.1) is 5.52 Å². The minimum Gasteiger partial charge on any atom is -0.378 e. The number of benzene rings is 2. The van der Waals surface area contributed by atoms with E-state index >= 15 is 0 Å². The summed E-state index contributed by atoms with van der Waals surface area (Å²) in [6.45, 7) is 0.297. The van der Waals surface area contributed by atoms with E-state index in [1.807, 2.05) is 41.1 Å². The molecule has 0 radical (unpaired) electrons. The van der Waals surface area contributed by atoms with Crippen LogP contribution in [0.25, 0.3) is 16.7 Å². The van der Waals surface area contributed by atoms with Gasteiger partial charge in [-0.25, -0.2) is 9.37 Å². The number of rotatable bonds is 4. The number of hydrogen-bond donors (Lipinski definition) is 2. The van der Waals surface area contributed by atoms with Gasteiger partial charge in [0, 0.05) is 35.5 Å². The standard InChI is InChI=1S/C27H25FN4O/c28-23-7-3-2-6-22(23)19-30-26-29-16-11-25(31-26)32-17-12-21-9-8-20(18-24(21)32)10-15-27(33)13-4-1-5-14-27/h2-3,6-9,11-12,16-18,33H,1,4-5,13-14,19H2,(H,29,30,31). The maximum Gasteiger partial charge on any atom is 0.224 e. The van der Waals surface area contributed by atoms with Crippen molar-refractivity contribution in [3.8, 4) is 17.7 Å². The van der Waals surface area contributed by atoms with Gasteiger partial charge >= 0.3 is 0 Å². The average molecular weight is 441 g/mol. The number of nitrogens with zero attached hydrogens (tertiary/aromatic N) is 3. The molecule has 0 unspecified atom stereocenters. The molecule has 0 amide bonds. The molecular formula is C27H25FN4O. The second kappa shape index (κ2) is 9.05. The van der Waals surface area contributed by atoms with Crippen molar-refractivity contribution in [1.29, 1.82) is 0 Å². The number of halogens is 1. The maximum atomic E-state index is 13.9. The van der Waals surface area contributed by atoms with Gasteiger partial charge in [-0.15, -0.1) is 0 Å². The minimum absolute atomic E-state index is 0.260. The summed E-state index contributed by atoms with van der Waals surface area (Å²) in [5.74, 6) is 7.15. The Morgan fingerprint density at radius 1 is 1.06 bits per heavy atom. The zero-order chi connectivity index (χ0) is 22.7. The van der Waals surface area contributed by atoms with Crippen LogP contribution in [0.15, 0.2) is 67.0 Å². The molecule has 2 aromatic carbocycles. The van der Waals surface area contributed by atoms with Crippen molar-refractivity contribution in [1.82, 2.24) is 14.5 Å². The van der Waals surface area contributed by atoms with Crippen molar-refractivity contribution in [2.45, 2.75) is 44.2 Å². The van der Waals surface area contributed by atoms with Gasteiger partial charge in [-0.1, -0.05) is 42.5 Å². The lowest BCUT2D eigenvalue weighted by Gasteiger charge is -2.26. The van der Waals surface area contributed by atoms with E-state index in [0.29, 0.717) is 23.9 Å². The number of aromatic nitrogens is 3. The van der Waals surface area contributed by atoms with Gasteiger partial charge in [-0.2, -0.15) is 4.98 Å². The third kappa shape index (κ3) is 4.74. The van der Waals surface area contributed by atoms with Crippen LogP contribution in [0, 0.1) is 17.7 Å². The van der Waals surface area contributed by atoms with Gasteiger partial charge in [0.2, 0.25) is 5.95 Å². The molecule has 0 aliphatic heterocycles. The first-order valence-electron chi connectivity index (χ1n) is 11.3. The first-order chi connectivity index (χ1) is 16.1. The molecule has 2 heterocycles. The van der Waals surface area contributed by atoms with E-state index in [0.717, 1.165) is 42.1 Å². The molecule has 5 nitrogen and oxygen atoms in total. The first kappa shape index (κ1) is 21.2. The Hall–Kier alpha value is -3.69. The average Bonchev–Trinajstić information content (AvgIpc) is 3.26. The summed E-state index contributed by atoms with van der Waals surface area (Å²) in [6.07, 6.45) is 8.33. The summed E-state index contributed by atoms with van der Waals surface area (Å²) >= 11 is 0. The van der Waals surface area contributed by atoms with Gasteiger partial charge in [0.25, 0.3) is 0 Å². The van der Waals surface area contributed by atoms with Gasteiger partial charge < -0.3 is 15.0 Å². The van der Waals surface area contributed by atoms with Gasteiger partial charge in [0.15, 0.2) is 0 Å². The summed E-state index contributed by atoms with van der Waals surface area (Å²) in [5.41, 5.74) is 1.51. The summed E-state index contributed by atoms with van der Waals surface area (Å²) < 4.78 is 15.9. The monoisotopic (exact) mass is 440 g/mol. The van der Waals surface area contributed by atoms with E-state index in [2.05, 4.69) is 27.1 Å². The van der Waals surface area contributed by atoms with E-state index in [9.17, 15) is 9.50 Å². The van der Waals surface area contributed by atoms with Crippen LogP contribution in [0.3, 0.4) is 0 Å². The maximum absolute atomic E-state index is 13.9. The molecule has 4 aromatic rings. The molecule has 1 saturated carbocycles. The highest BCUT2D eigenvalue weighted by molar-refractivity contribution is 5.83. The predicted molar refractivity (Wildman–Crippen MR) is 128 cm³/mol. The van der Waals surface area contributed by atoms with E-state index in [-0.39, 0.29) is 5.82 Å². The molecule has 5 rings (SSSR count). The van der Waals surface area contributed by atoms with Crippen LogP contribution in [0.4, 0.5) is 10.3 Å². The van der Waals surface area contributed by atoms with E-state index < -0.39 is 5.60 Å². The van der Waals surface area contributed by atoms with Gasteiger partial charge in [0.1, 0.15) is 17.2 Å². The molecule has 0 spiro atoms. The molecule has 6 heteroatoms. The van der Waals surface area contributed by atoms with Crippen LogP contribution < -0.4 is 5.32 Å². The molecule has 1 aliphatic rings. The number of aliphatic hydroxyl groups is 1. The Morgan fingerprint density at radius 2 is 1.91 bits per heavy atom. The fraction of sp³-hybridized carbons (Fsp3) is 0.259. The number of hydrogen-bond acceptors (Lipinski definition) is 4. The Labute approximate surface area is 192 Å². The van der Waals surface area contributed by atoms with Gasteiger partial charge in [-0.05, 0) is 56.0 Å². The lowest BCUT2D eigenvalue weighted by atomic mass is 9.85. The summed E-state index contributed by atoms with van der Waals surface area (Å²) in [5, 5.41) is 14.9. The lowest BCUT2D eigenvalue weighted by molar-refractivity contribution is 0.0610. The van der Waals surface area contributed by atoms with Crippen molar-refractivity contribution in [2.75, 3.05) is 5.32 Å². The predicted octanol–water partition coefficient (Wildman–Crippen LogP) is 5.22. The van der Waals surface area contributed by atoms with Crippen LogP contribution >= 0.6 is 0 Å². The SMILES string of the molecule is OC1(C#Cc2ccc3ccn(-c4ccnc(NCc5ccccc5F)n4)c3c2)CCCCC1. The van der Waals surface area contributed by atoms with Crippen molar-refractivity contribution in [3.05, 3.63) is 83.9 Å². The third-order valence-corrected chi connectivity index (χ3v) is 6.10. The molecule has 33 heavy (non-hydrogen) atoms. The molecule has 2 aromatic heterocycles. The third-order valence-electron chi connectivity index (χ3n) is 6.10. The van der Waals surface area contributed by atoms with Gasteiger partial charge in [-0.3, -0.25) is 0 Å². The van der Waals surface area contributed by atoms with E-state index in [1.165, 1.54) is 12.5 Å². The molecular weight excluding hydrogens is 415 g/mol. The highest BCUT2D eigenvalue weighted by Gasteiger charge is 2.26. The Morgan fingerprint density at radius 3 is 2.76 bits per heavy atom. The van der Waals surface area contributed by atoms with Crippen molar-refractivity contribution in [2.24, 2.45) is 0 Å². The fourth-order valence-electron chi connectivity index (χ4n) is 4.24. The summed E-state index contributed by atoms with van der Waals surface area (Å²) in [7, 11) is 0. The molecule has 0 bridgehead atoms. The quantitative estimate of drug-likeness (QED) is 0.427. The minimum atomic E-state index is -0.874. The van der Waals surface area contributed by atoms with Crippen molar-refractivity contribution < 1.29 is 9.50 Å². The molecule has 166 valence electrons. The zero-order valence-electron chi connectivity index (χ0n) is 18.3. The fourth-order valence-corrected chi connectivity index (χ4v) is 4.24. The molecule has 0 saturated heterocycles. The summed E-state index contributed by atoms with van der Waals surface area (Å²) in [6, 6.07) is 16.5. The smallest absolute Gasteiger partial charge is 0.224 e. The van der Waals surface area contributed by atoms with E-state index in [4.69, 9.17) is 0 Å². The number of anilines is 1. The van der Waals surface area contributed by atoms with Crippen LogP contribution in [0.2, 0.25) is 0 Å². The topological polar surface area (TPSA) is 63.0 Å². The number of nitrogens with one attached hydrogen (secondary N) is 1. The highest BCUT2D eigenvalue weighted by atomic mass is 19.1. The van der Waals surface area contributed by atoms with E-state index in [1.54, 1.807) is 24.4 Å². The first-order valence-corrected chi connectivity index (χ1v) is 11.3. The second-order valence-electron chi connectivity index (χ2n) is 8.48. The molecule has 1 fully saturated rings.